The van der Waals surface area contributed by atoms with Crippen LogP contribution >= 0.6 is 0 Å². The summed E-state index contributed by atoms with van der Waals surface area (Å²) in [6, 6.07) is 0. The minimum absolute atomic E-state index is 0.322. The summed E-state index contributed by atoms with van der Waals surface area (Å²) in [6.45, 7) is 9.57. The maximum absolute atomic E-state index is 11.7. The Morgan fingerprint density at radius 2 is 2.00 bits per heavy atom. The van der Waals surface area contributed by atoms with Gasteiger partial charge in [-0.3, -0.25) is 0 Å². The molecular formula is C12H22O5. The molecule has 0 aromatic carbocycles. The van der Waals surface area contributed by atoms with E-state index in [2.05, 4.69) is 0 Å². The Morgan fingerprint density at radius 1 is 1.41 bits per heavy atom. The van der Waals surface area contributed by atoms with Crippen LogP contribution in [0, 0.1) is 0 Å². The zero-order valence-corrected chi connectivity index (χ0v) is 11.4. The van der Waals surface area contributed by atoms with Gasteiger partial charge in [0.05, 0.1) is 19.3 Å². The maximum atomic E-state index is 11.7. The van der Waals surface area contributed by atoms with Crippen LogP contribution in [0.2, 0.25) is 0 Å². The van der Waals surface area contributed by atoms with Crippen LogP contribution < -0.4 is 0 Å². The molecule has 1 aliphatic heterocycles. The van der Waals surface area contributed by atoms with E-state index in [9.17, 15) is 4.79 Å². The second-order valence-electron chi connectivity index (χ2n) is 5.54. The van der Waals surface area contributed by atoms with E-state index in [4.69, 9.17) is 18.9 Å². The fourth-order valence-electron chi connectivity index (χ4n) is 1.64. The molecule has 0 aromatic rings. The quantitative estimate of drug-likeness (QED) is 0.706. The Labute approximate surface area is 102 Å². The maximum Gasteiger partial charge on any atom is 0.337 e. The molecule has 0 aromatic heterocycles. The smallest absolute Gasteiger partial charge is 0.337 e. The molecule has 0 aliphatic carbocycles. The first-order valence-electron chi connectivity index (χ1n) is 5.72. The monoisotopic (exact) mass is 246 g/mol. The highest BCUT2D eigenvalue weighted by Gasteiger charge is 2.43. The normalized spacial score (nSPS) is 25.6. The van der Waals surface area contributed by atoms with Crippen molar-refractivity contribution in [2.45, 2.75) is 58.2 Å². The van der Waals surface area contributed by atoms with Crippen LogP contribution in [0.3, 0.4) is 0 Å². The average molecular weight is 246 g/mol. The van der Waals surface area contributed by atoms with Gasteiger partial charge in [0.1, 0.15) is 6.10 Å². The summed E-state index contributed by atoms with van der Waals surface area (Å²) in [7, 11) is 1.34. The Kier molecular flexibility index (Phi) is 4.17. The minimum Gasteiger partial charge on any atom is -0.467 e. The highest BCUT2D eigenvalue weighted by atomic mass is 16.8. The van der Waals surface area contributed by atoms with Crippen molar-refractivity contribution in [1.82, 2.24) is 0 Å². The molecule has 1 aliphatic rings. The lowest BCUT2D eigenvalue weighted by Gasteiger charge is -2.29. The van der Waals surface area contributed by atoms with Crippen LogP contribution in [0.25, 0.3) is 0 Å². The fourth-order valence-corrected chi connectivity index (χ4v) is 1.64. The lowest BCUT2D eigenvalue weighted by atomic mass is 10.1. The van der Waals surface area contributed by atoms with Crippen LogP contribution in [-0.4, -0.2) is 43.3 Å². The summed E-state index contributed by atoms with van der Waals surface area (Å²) < 4.78 is 21.5. The molecule has 0 amide bonds. The van der Waals surface area contributed by atoms with Crippen molar-refractivity contribution >= 4 is 5.97 Å². The van der Waals surface area contributed by atoms with E-state index >= 15 is 0 Å². The molecule has 1 fully saturated rings. The van der Waals surface area contributed by atoms with E-state index in [1.807, 2.05) is 20.8 Å². The van der Waals surface area contributed by atoms with E-state index in [-0.39, 0.29) is 0 Å². The van der Waals surface area contributed by atoms with Gasteiger partial charge in [-0.1, -0.05) is 0 Å². The topological polar surface area (TPSA) is 54.0 Å². The molecule has 0 spiro atoms. The largest absolute Gasteiger partial charge is 0.467 e. The molecule has 5 nitrogen and oxygen atoms in total. The second-order valence-corrected chi connectivity index (χ2v) is 5.54. The van der Waals surface area contributed by atoms with Crippen molar-refractivity contribution in [3.05, 3.63) is 0 Å². The Bertz CT molecular complexity index is 279. The molecule has 0 radical (unpaired) electrons. The van der Waals surface area contributed by atoms with Crippen molar-refractivity contribution in [1.29, 1.82) is 0 Å². The first kappa shape index (κ1) is 14.4. The predicted octanol–water partition coefficient (Wildman–Crippen LogP) is 1.49. The zero-order chi connectivity index (χ0) is 13.3. The zero-order valence-electron chi connectivity index (χ0n) is 11.4. The molecule has 1 heterocycles. The van der Waals surface area contributed by atoms with Gasteiger partial charge < -0.3 is 18.9 Å². The van der Waals surface area contributed by atoms with E-state index in [1.165, 1.54) is 7.11 Å². The number of esters is 1. The van der Waals surface area contributed by atoms with Crippen LogP contribution in [-0.2, 0) is 23.7 Å². The lowest BCUT2D eigenvalue weighted by molar-refractivity contribution is -0.190. The SMILES string of the molecule is COC(=O)[C@@H](OC(C)(C)C)[C@@H]1COC(C)(C)O1. The minimum atomic E-state index is -0.762. The van der Waals surface area contributed by atoms with Gasteiger partial charge in [0.15, 0.2) is 11.9 Å². The molecule has 1 rings (SSSR count). The van der Waals surface area contributed by atoms with E-state index in [0.29, 0.717) is 6.61 Å². The Morgan fingerprint density at radius 3 is 2.35 bits per heavy atom. The Balaban J connectivity index is 2.74. The highest BCUT2D eigenvalue weighted by molar-refractivity contribution is 5.75. The highest BCUT2D eigenvalue weighted by Crippen LogP contribution is 2.27. The van der Waals surface area contributed by atoms with Crippen LogP contribution in [0.15, 0.2) is 0 Å². The first-order valence-corrected chi connectivity index (χ1v) is 5.72. The molecule has 17 heavy (non-hydrogen) atoms. The second kappa shape index (κ2) is 4.92. The number of methoxy groups -OCH3 is 1. The molecule has 0 unspecified atom stereocenters. The van der Waals surface area contributed by atoms with Gasteiger partial charge in [0.25, 0.3) is 0 Å². The standard InChI is InChI=1S/C12H22O5/c1-11(2,3)17-9(10(13)14-6)8-7-15-12(4,5)16-8/h8-9H,7H2,1-6H3/t8-,9-/m0/s1. The van der Waals surface area contributed by atoms with Gasteiger partial charge in [0, 0.05) is 0 Å². The van der Waals surface area contributed by atoms with Gasteiger partial charge in [-0.25, -0.2) is 4.79 Å². The molecule has 1 saturated heterocycles. The number of carbonyl (C=O) groups is 1. The van der Waals surface area contributed by atoms with Crippen molar-refractivity contribution in [2.24, 2.45) is 0 Å². The first-order chi connectivity index (χ1) is 7.64. The van der Waals surface area contributed by atoms with Gasteiger partial charge in [0.2, 0.25) is 0 Å². The number of ether oxygens (including phenoxy) is 4. The van der Waals surface area contributed by atoms with Crippen molar-refractivity contribution in [3.63, 3.8) is 0 Å². The molecule has 2 atom stereocenters. The van der Waals surface area contributed by atoms with Crippen molar-refractivity contribution in [2.75, 3.05) is 13.7 Å². The summed E-state index contributed by atoms with van der Waals surface area (Å²) in [5, 5.41) is 0. The Hall–Kier alpha value is -0.650. The van der Waals surface area contributed by atoms with Crippen molar-refractivity contribution in [3.8, 4) is 0 Å². The summed E-state index contributed by atoms with van der Waals surface area (Å²) in [5.74, 6) is -1.12. The summed E-state index contributed by atoms with van der Waals surface area (Å²) >= 11 is 0. The molecule has 0 saturated carbocycles. The van der Waals surface area contributed by atoms with E-state index < -0.39 is 29.6 Å². The van der Waals surface area contributed by atoms with Crippen LogP contribution in [0.4, 0.5) is 0 Å². The molecule has 5 heteroatoms. The fraction of sp³-hybridized carbons (Fsp3) is 0.917. The van der Waals surface area contributed by atoms with Crippen molar-refractivity contribution < 1.29 is 23.7 Å². The van der Waals surface area contributed by atoms with Crippen LogP contribution in [0.5, 0.6) is 0 Å². The van der Waals surface area contributed by atoms with Gasteiger partial charge in [-0.15, -0.1) is 0 Å². The lowest BCUT2D eigenvalue weighted by Crippen LogP contribution is -2.44. The van der Waals surface area contributed by atoms with E-state index in [0.717, 1.165) is 0 Å². The number of rotatable bonds is 3. The molecule has 0 bridgehead atoms. The summed E-state index contributed by atoms with van der Waals surface area (Å²) in [5.41, 5.74) is -0.449. The van der Waals surface area contributed by atoms with E-state index in [1.54, 1.807) is 13.8 Å². The average Bonchev–Trinajstić information content (AvgIpc) is 2.52. The summed E-state index contributed by atoms with van der Waals surface area (Å²) in [6.07, 6.45) is -1.20. The third-order valence-corrected chi connectivity index (χ3v) is 2.28. The number of carbonyl (C=O) groups excluding carboxylic acids is 1. The van der Waals surface area contributed by atoms with Gasteiger partial charge >= 0.3 is 5.97 Å². The molecule has 0 N–H and O–H groups in total. The van der Waals surface area contributed by atoms with Gasteiger partial charge in [-0.05, 0) is 34.6 Å². The number of hydrogen-bond donors (Lipinski definition) is 0. The summed E-state index contributed by atoms with van der Waals surface area (Å²) in [4.78, 5) is 11.7. The predicted molar refractivity (Wildman–Crippen MR) is 61.5 cm³/mol. The number of hydrogen-bond acceptors (Lipinski definition) is 5. The molecule has 100 valence electrons. The third kappa shape index (κ3) is 4.26. The van der Waals surface area contributed by atoms with Gasteiger partial charge in [-0.2, -0.15) is 0 Å². The third-order valence-electron chi connectivity index (χ3n) is 2.28. The molecular weight excluding hydrogens is 224 g/mol. The van der Waals surface area contributed by atoms with Crippen LogP contribution in [0.1, 0.15) is 34.6 Å².